The zero-order chi connectivity index (χ0) is 34.0. The Bertz CT molecular complexity index is 2050. The van der Waals surface area contributed by atoms with Gasteiger partial charge in [0.05, 0.1) is 49.7 Å². The number of methoxy groups -OCH3 is 1. The predicted molar refractivity (Wildman–Crippen MR) is 197 cm³/mol. The number of benzene rings is 3. The largest absolute Gasteiger partial charge is 0.493 e. The second kappa shape index (κ2) is 15.1. The van der Waals surface area contributed by atoms with E-state index in [0.29, 0.717) is 52.4 Å². The molecular weight excluding hydrogens is 842 g/mol. The highest BCUT2D eigenvalue weighted by Crippen LogP contribution is 2.37. The van der Waals surface area contributed by atoms with Crippen molar-refractivity contribution in [1.82, 2.24) is 4.57 Å². The van der Waals surface area contributed by atoms with Gasteiger partial charge < -0.3 is 18.9 Å². The Hall–Kier alpha value is -2.84. The lowest BCUT2D eigenvalue weighted by molar-refractivity contribution is -0.139. The summed E-state index contributed by atoms with van der Waals surface area (Å²) in [5.41, 5.74) is 2.70. The zero-order valence-electron chi connectivity index (χ0n) is 26.0. The monoisotopic (exact) mass is 870 g/mol. The van der Waals surface area contributed by atoms with Crippen LogP contribution in [0.25, 0.3) is 6.08 Å². The van der Waals surface area contributed by atoms with Crippen molar-refractivity contribution in [3.63, 3.8) is 0 Å². The molecule has 4 aromatic rings. The van der Waals surface area contributed by atoms with E-state index >= 15 is 0 Å². The first-order chi connectivity index (χ1) is 22.4. The molecule has 0 saturated heterocycles. The molecule has 0 amide bonds. The number of halogens is 4. The van der Waals surface area contributed by atoms with Gasteiger partial charge in [-0.15, -0.1) is 0 Å². The van der Waals surface area contributed by atoms with Gasteiger partial charge in [0.15, 0.2) is 16.3 Å². The van der Waals surface area contributed by atoms with Crippen molar-refractivity contribution in [3.05, 3.63) is 114 Å². The second-order valence-corrected chi connectivity index (χ2v) is 14.6. The number of allylic oxidation sites excluding steroid dienone is 1. The minimum atomic E-state index is -0.795. The van der Waals surface area contributed by atoms with Gasteiger partial charge in [-0.25, -0.2) is 9.79 Å². The highest BCUT2D eigenvalue weighted by Gasteiger charge is 2.34. The lowest BCUT2D eigenvalue weighted by Gasteiger charge is -2.25. The van der Waals surface area contributed by atoms with Gasteiger partial charge in [-0.05, 0) is 120 Å². The normalized spacial score (nSPS) is 14.6. The number of hydrogen-bond acceptors (Lipinski definition) is 8. The summed E-state index contributed by atoms with van der Waals surface area (Å²) in [6, 6.07) is 13.7. The Morgan fingerprint density at radius 3 is 2.57 bits per heavy atom. The molecule has 0 spiro atoms. The Balaban J connectivity index is 1.57. The van der Waals surface area contributed by atoms with E-state index in [4.69, 9.17) is 42.1 Å². The molecule has 246 valence electrons. The van der Waals surface area contributed by atoms with Gasteiger partial charge in [-0.2, -0.15) is 0 Å². The standard InChI is InChI=1S/C34H30BrCl2IN2O6S/c1-6-44-33(42)29-18(4)39-34-40(30(29)20-8-10-26(46-17(2)3)27(14-20)43-5)32(41)28(47-34)13-19-11-23(35)31(25(38)12-19)45-16-21-7-9-22(36)15-24(21)37/h7-15,17,30H,6,16H2,1-5H3/b28-13-/t30-/m1/s1. The van der Waals surface area contributed by atoms with E-state index in [1.807, 2.05) is 38.1 Å². The first-order valence-electron chi connectivity index (χ1n) is 14.5. The van der Waals surface area contributed by atoms with E-state index in [9.17, 15) is 9.59 Å². The summed E-state index contributed by atoms with van der Waals surface area (Å²) >= 11 is 19.4. The molecular formula is C34H30BrCl2IN2O6S. The smallest absolute Gasteiger partial charge is 0.338 e. The molecule has 0 radical (unpaired) electrons. The van der Waals surface area contributed by atoms with Gasteiger partial charge in [0.25, 0.3) is 5.56 Å². The van der Waals surface area contributed by atoms with Crippen LogP contribution in [0.5, 0.6) is 17.2 Å². The topological polar surface area (TPSA) is 88.4 Å². The van der Waals surface area contributed by atoms with Crippen LogP contribution in [0.15, 0.2) is 74.1 Å². The summed E-state index contributed by atoms with van der Waals surface area (Å²) in [5.74, 6) is 1.14. The van der Waals surface area contributed by atoms with Crippen molar-refractivity contribution < 1.29 is 23.7 Å². The number of rotatable bonds is 10. The molecule has 1 aliphatic rings. The van der Waals surface area contributed by atoms with Crippen LogP contribution in [-0.2, 0) is 16.1 Å². The maximum atomic E-state index is 14.1. The van der Waals surface area contributed by atoms with Gasteiger partial charge >= 0.3 is 5.97 Å². The minimum absolute atomic E-state index is 0.0737. The quantitative estimate of drug-likeness (QED) is 0.119. The summed E-state index contributed by atoms with van der Waals surface area (Å²) in [5, 5.41) is 1.07. The number of aromatic nitrogens is 1. The van der Waals surface area contributed by atoms with Crippen LogP contribution in [0.2, 0.25) is 10.0 Å². The molecule has 1 aromatic heterocycles. The number of carbonyl (C=O) groups excluding carboxylic acids is 1. The fourth-order valence-corrected chi connectivity index (χ4v) is 8.33. The summed E-state index contributed by atoms with van der Waals surface area (Å²) in [6.07, 6.45) is 1.73. The number of fused-ring (bicyclic) bond motifs is 1. The van der Waals surface area contributed by atoms with Crippen molar-refractivity contribution in [2.24, 2.45) is 4.99 Å². The number of thiazole rings is 1. The molecule has 0 fully saturated rings. The third-order valence-electron chi connectivity index (χ3n) is 7.09. The summed E-state index contributed by atoms with van der Waals surface area (Å²) in [4.78, 5) is 32.6. The van der Waals surface area contributed by atoms with Crippen LogP contribution in [0.1, 0.15) is 50.4 Å². The lowest BCUT2D eigenvalue weighted by atomic mass is 9.95. The number of hydrogen-bond donors (Lipinski definition) is 0. The van der Waals surface area contributed by atoms with Gasteiger partial charge in [0, 0.05) is 15.6 Å². The van der Waals surface area contributed by atoms with Crippen LogP contribution >= 0.6 is 73.1 Å². The minimum Gasteiger partial charge on any atom is -0.493 e. The third kappa shape index (κ3) is 7.75. The molecule has 13 heteroatoms. The van der Waals surface area contributed by atoms with E-state index in [-0.39, 0.29) is 30.5 Å². The second-order valence-electron chi connectivity index (χ2n) is 10.7. The molecule has 47 heavy (non-hydrogen) atoms. The summed E-state index contributed by atoms with van der Waals surface area (Å²) < 4.78 is 26.6. The first kappa shape index (κ1) is 35.5. The summed E-state index contributed by atoms with van der Waals surface area (Å²) in [7, 11) is 1.55. The molecule has 0 saturated carbocycles. The van der Waals surface area contributed by atoms with Gasteiger partial charge in [0.1, 0.15) is 12.4 Å². The van der Waals surface area contributed by atoms with E-state index in [1.165, 1.54) is 11.3 Å². The van der Waals surface area contributed by atoms with Crippen molar-refractivity contribution in [1.29, 1.82) is 0 Å². The van der Waals surface area contributed by atoms with Crippen molar-refractivity contribution in [2.45, 2.75) is 46.4 Å². The van der Waals surface area contributed by atoms with Crippen LogP contribution < -0.4 is 29.1 Å². The Morgan fingerprint density at radius 1 is 1.15 bits per heavy atom. The van der Waals surface area contributed by atoms with Gasteiger partial charge in [-0.1, -0.05) is 46.7 Å². The van der Waals surface area contributed by atoms with E-state index in [2.05, 4.69) is 43.5 Å². The zero-order valence-corrected chi connectivity index (χ0v) is 32.1. The Kier molecular flexibility index (Phi) is 11.4. The summed E-state index contributed by atoms with van der Waals surface area (Å²) in [6.45, 7) is 7.76. The molecule has 8 nitrogen and oxygen atoms in total. The predicted octanol–water partition coefficient (Wildman–Crippen LogP) is 7.85. The van der Waals surface area contributed by atoms with Crippen molar-refractivity contribution in [2.75, 3.05) is 13.7 Å². The molecule has 0 N–H and O–H groups in total. The molecule has 0 bridgehead atoms. The fraction of sp³-hybridized carbons (Fsp3) is 0.265. The van der Waals surface area contributed by atoms with Crippen LogP contribution in [-0.4, -0.2) is 30.4 Å². The Labute approximate surface area is 307 Å². The van der Waals surface area contributed by atoms with Gasteiger partial charge in [-0.3, -0.25) is 9.36 Å². The van der Waals surface area contributed by atoms with Gasteiger partial charge in [0.2, 0.25) is 0 Å². The number of ether oxygens (including phenoxy) is 4. The average molecular weight is 872 g/mol. The molecule has 1 aliphatic heterocycles. The third-order valence-corrected chi connectivity index (χ3v) is 10.0. The van der Waals surface area contributed by atoms with E-state index < -0.39 is 12.0 Å². The molecule has 5 rings (SSSR count). The highest BCUT2D eigenvalue weighted by atomic mass is 127. The molecule has 3 aromatic carbocycles. The molecule has 1 atom stereocenters. The first-order valence-corrected chi connectivity index (χ1v) is 18.0. The maximum absolute atomic E-state index is 14.1. The number of nitrogens with zero attached hydrogens (tertiary/aromatic N) is 2. The maximum Gasteiger partial charge on any atom is 0.338 e. The fourth-order valence-electron chi connectivity index (χ4n) is 5.05. The Morgan fingerprint density at radius 2 is 1.91 bits per heavy atom. The highest BCUT2D eigenvalue weighted by molar-refractivity contribution is 14.1. The van der Waals surface area contributed by atoms with Crippen LogP contribution in [0, 0.1) is 3.57 Å². The SMILES string of the molecule is CCOC(=O)C1=C(C)N=c2s/c(=C\c3cc(Br)c(OCc4ccc(Cl)cc4Cl)c(I)c3)c(=O)n2[C@@H]1c1ccc(OC(C)C)c(OC)c1. The number of esters is 1. The molecule has 2 heterocycles. The average Bonchev–Trinajstić information content (AvgIpc) is 3.30. The number of carbonyl (C=O) groups is 1. The molecule has 0 aliphatic carbocycles. The van der Waals surface area contributed by atoms with E-state index in [1.54, 1.807) is 55.9 Å². The van der Waals surface area contributed by atoms with Crippen LogP contribution in [0.4, 0.5) is 0 Å². The van der Waals surface area contributed by atoms with Crippen molar-refractivity contribution >= 4 is 85.1 Å². The van der Waals surface area contributed by atoms with E-state index in [0.717, 1.165) is 14.7 Å². The van der Waals surface area contributed by atoms with Crippen LogP contribution in [0.3, 0.4) is 0 Å². The lowest BCUT2D eigenvalue weighted by Crippen LogP contribution is -2.40. The van der Waals surface area contributed by atoms with Crippen molar-refractivity contribution in [3.8, 4) is 17.2 Å². The molecule has 0 unspecified atom stereocenters.